The molecule has 11 heteroatoms. The molecule has 0 spiro atoms. The van der Waals surface area contributed by atoms with E-state index in [-0.39, 0.29) is 15.1 Å². The smallest absolute Gasteiger partial charge is 0.285 e. The van der Waals surface area contributed by atoms with E-state index in [1.807, 2.05) is 12.1 Å². The number of sulfonamides is 1. The molecule has 1 saturated heterocycles. The molecule has 1 amide bonds. The lowest BCUT2D eigenvalue weighted by Gasteiger charge is -2.16. The van der Waals surface area contributed by atoms with Gasteiger partial charge in [0.05, 0.1) is 4.91 Å². The molecule has 1 fully saturated rings. The van der Waals surface area contributed by atoms with Gasteiger partial charge in [0, 0.05) is 12.1 Å². The van der Waals surface area contributed by atoms with Gasteiger partial charge in [0.15, 0.2) is 10.2 Å². The second-order valence-electron chi connectivity index (χ2n) is 6.25. The maximum absolute atomic E-state index is 12.9. The van der Waals surface area contributed by atoms with Gasteiger partial charge in [-0.15, -0.1) is 4.40 Å². The Morgan fingerprint density at radius 2 is 2.03 bits per heavy atom. The third-order valence-corrected chi connectivity index (χ3v) is 6.82. The molecule has 0 aliphatic carbocycles. The number of nitrogens with zero attached hydrogens (tertiary/aromatic N) is 2. The largest absolute Gasteiger partial charge is 0.492 e. The summed E-state index contributed by atoms with van der Waals surface area (Å²) in [5.41, 5.74) is 9.36. The van der Waals surface area contributed by atoms with Gasteiger partial charge in [0.1, 0.15) is 17.3 Å². The van der Waals surface area contributed by atoms with Crippen molar-refractivity contribution in [3.05, 3.63) is 64.6 Å². The standard InChI is InChI=1S/C19H16N4O4S3/c20-8-9-27-13-5-3-4-12(10-13)11-15-18(24)23(19(28)29-15)21-17-14-6-1-2-7-16(14)30(25,26)22-17/h1-7,10-11H,8-9,20H2,(H,21,22). The highest BCUT2D eigenvalue weighted by Gasteiger charge is 2.36. The van der Waals surface area contributed by atoms with Gasteiger partial charge in [-0.05, 0) is 48.1 Å². The molecule has 154 valence electrons. The second kappa shape index (κ2) is 8.19. The Kier molecular flexibility index (Phi) is 5.60. The zero-order chi connectivity index (χ0) is 21.3. The van der Waals surface area contributed by atoms with Crippen LogP contribution < -0.4 is 15.9 Å². The van der Waals surface area contributed by atoms with E-state index < -0.39 is 15.9 Å². The minimum absolute atomic E-state index is 0.0559. The number of nitrogens with two attached hydrogens (primary N) is 1. The summed E-state index contributed by atoms with van der Waals surface area (Å²) in [6, 6.07) is 13.6. The lowest BCUT2D eigenvalue weighted by Crippen LogP contribution is -2.44. The maximum Gasteiger partial charge on any atom is 0.285 e. The molecular weight excluding hydrogens is 444 g/mol. The van der Waals surface area contributed by atoms with E-state index in [0.717, 1.165) is 22.3 Å². The van der Waals surface area contributed by atoms with Crippen LogP contribution in [0.25, 0.3) is 6.08 Å². The summed E-state index contributed by atoms with van der Waals surface area (Å²) < 4.78 is 33.9. The lowest BCUT2D eigenvalue weighted by atomic mass is 10.2. The maximum atomic E-state index is 12.9. The molecule has 0 saturated carbocycles. The number of hydrogen-bond donors (Lipinski definition) is 2. The Balaban J connectivity index is 1.56. The van der Waals surface area contributed by atoms with Crippen molar-refractivity contribution < 1.29 is 17.9 Å². The third-order valence-electron chi connectivity index (χ3n) is 4.19. The van der Waals surface area contributed by atoms with Crippen molar-refractivity contribution >= 4 is 56.1 Å². The Morgan fingerprint density at radius 3 is 2.83 bits per heavy atom. The number of rotatable bonds is 5. The van der Waals surface area contributed by atoms with Crippen LogP contribution in [-0.2, 0) is 14.8 Å². The van der Waals surface area contributed by atoms with Gasteiger partial charge >= 0.3 is 0 Å². The molecule has 8 nitrogen and oxygen atoms in total. The van der Waals surface area contributed by atoms with Crippen molar-refractivity contribution in [3.63, 3.8) is 0 Å². The number of carbonyl (C=O) groups is 1. The number of amidine groups is 1. The van der Waals surface area contributed by atoms with Crippen LogP contribution in [0, 0.1) is 0 Å². The zero-order valence-corrected chi connectivity index (χ0v) is 17.9. The van der Waals surface area contributed by atoms with E-state index >= 15 is 0 Å². The topological polar surface area (TPSA) is 114 Å². The predicted molar refractivity (Wildman–Crippen MR) is 119 cm³/mol. The summed E-state index contributed by atoms with van der Waals surface area (Å²) >= 11 is 6.41. The quantitative estimate of drug-likeness (QED) is 0.514. The van der Waals surface area contributed by atoms with Gasteiger partial charge in [0.25, 0.3) is 15.9 Å². The van der Waals surface area contributed by atoms with Crippen LogP contribution in [0.1, 0.15) is 11.1 Å². The van der Waals surface area contributed by atoms with Gasteiger partial charge in [-0.2, -0.15) is 13.4 Å². The summed E-state index contributed by atoms with van der Waals surface area (Å²) in [5.74, 6) is 0.299. The van der Waals surface area contributed by atoms with E-state index in [4.69, 9.17) is 22.7 Å². The van der Waals surface area contributed by atoms with Crippen molar-refractivity contribution in [1.29, 1.82) is 0 Å². The molecule has 2 aromatic carbocycles. The number of carbonyl (C=O) groups excluding carboxylic acids is 1. The molecule has 2 aromatic rings. The summed E-state index contributed by atoms with van der Waals surface area (Å²) in [5, 5.41) is 1.12. The first-order valence-electron chi connectivity index (χ1n) is 8.81. The number of ether oxygens (including phenoxy) is 1. The number of amides is 1. The van der Waals surface area contributed by atoms with Crippen molar-refractivity contribution in [2.75, 3.05) is 13.2 Å². The Labute approximate surface area is 182 Å². The molecule has 2 aliphatic rings. The van der Waals surface area contributed by atoms with Crippen molar-refractivity contribution in [3.8, 4) is 5.75 Å². The van der Waals surface area contributed by atoms with Crippen LogP contribution in [0.4, 0.5) is 0 Å². The molecule has 0 atom stereocenters. The fourth-order valence-corrected chi connectivity index (χ4v) is 5.23. The number of hydrazine groups is 1. The first-order chi connectivity index (χ1) is 14.4. The molecule has 0 aromatic heterocycles. The number of fused-ring (bicyclic) bond motifs is 1. The summed E-state index contributed by atoms with van der Waals surface area (Å²) in [6.07, 6.45) is 1.69. The Bertz CT molecular complexity index is 1210. The average Bonchev–Trinajstić information content (AvgIpc) is 3.14. The fraction of sp³-hybridized carbons (Fsp3) is 0.105. The molecule has 30 heavy (non-hydrogen) atoms. The van der Waals surface area contributed by atoms with Crippen LogP contribution in [0.2, 0.25) is 0 Å². The zero-order valence-electron chi connectivity index (χ0n) is 15.4. The number of nitrogens with one attached hydrogen (secondary N) is 1. The second-order valence-corrected chi connectivity index (χ2v) is 9.50. The Morgan fingerprint density at radius 1 is 1.23 bits per heavy atom. The monoisotopic (exact) mass is 460 g/mol. The molecule has 0 bridgehead atoms. The van der Waals surface area contributed by atoms with E-state index in [1.165, 1.54) is 6.07 Å². The number of benzene rings is 2. The molecule has 0 unspecified atom stereocenters. The molecular formula is C19H16N4O4S3. The third kappa shape index (κ3) is 3.97. The van der Waals surface area contributed by atoms with Crippen molar-refractivity contribution in [1.82, 2.24) is 10.4 Å². The van der Waals surface area contributed by atoms with Crippen molar-refractivity contribution in [2.45, 2.75) is 4.90 Å². The molecule has 0 radical (unpaired) electrons. The highest BCUT2D eigenvalue weighted by molar-refractivity contribution is 8.26. The highest BCUT2D eigenvalue weighted by atomic mass is 32.2. The SMILES string of the molecule is NCCOc1cccc(C=C2SC(=S)N(NC3=NS(=O)(=O)c4ccccc43)C2=O)c1. The molecule has 2 aliphatic heterocycles. The number of thiocarbonyl (C=S) groups is 1. The van der Waals surface area contributed by atoms with Gasteiger partial charge in [-0.25, -0.2) is 0 Å². The average molecular weight is 461 g/mol. The lowest BCUT2D eigenvalue weighted by molar-refractivity contribution is -0.123. The highest BCUT2D eigenvalue weighted by Crippen LogP contribution is 2.33. The first-order valence-corrected chi connectivity index (χ1v) is 11.5. The van der Waals surface area contributed by atoms with Crippen LogP contribution in [0.15, 0.2) is 62.7 Å². The van der Waals surface area contributed by atoms with E-state index in [9.17, 15) is 13.2 Å². The minimum Gasteiger partial charge on any atom is -0.492 e. The number of thioether (sulfide) groups is 1. The van der Waals surface area contributed by atoms with Crippen LogP contribution in [-0.4, -0.2) is 42.6 Å². The Hall–Kier alpha value is -2.73. The van der Waals surface area contributed by atoms with Crippen molar-refractivity contribution in [2.24, 2.45) is 10.1 Å². The van der Waals surface area contributed by atoms with Gasteiger partial charge in [-0.3, -0.25) is 10.2 Å². The summed E-state index contributed by atoms with van der Waals surface area (Å²) in [7, 11) is -3.81. The van der Waals surface area contributed by atoms with Crippen LogP contribution >= 0.6 is 24.0 Å². The van der Waals surface area contributed by atoms with Gasteiger partial charge < -0.3 is 10.5 Å². The van der Waals surface area contributed by atoms with E-state index in [2.05, 4.69) is 9.82 Å². The van der Waals surface area contributed by atoms with Crippen LogP contribution in [0.3, 0.4) is 0 Å². The van der Waals surface area contributed by atoms with Gasteiger partial charge in [0.2, 0.25) is 0 Å². The molecule has 4 rings (SSSR count). The summed E-state index contributed by atoms with van der Waals surface area (Å²) in [6.45, 7) is 0.791. The predicted octanol–water partition coefficient (Wildman–Crippen LogP) is 1.88. The molecule has 3 N–H and O–H groups in total. The first kappa shape index (κ1) is 20.5. The number of hydrogen-bond acceptors (Lipinski definition) is 8. The normalized spacial score (nSPS) is 18.5. The van der Waals surface area contributed by atoms with E-state index in [1.54, 1.807) is 36.4 Å². The summed E-state index contributed by atoms with van der Waals surface area (Å²) in [4.78, 5) is 13.3. The fourth-order valence-electron chi connectivity index (χ4n) is 2.88. The van der Waals surface area contributed by atoms with E-state index in [0.29, 0.717) is 29.4 Å². The van der Waals surface area contributed by atoms with Gasteiger partial charge in [-0.1, -0.05) is 36.0 Å². The molecule has 2 heterocycles. The van der Waals surface area contributed by atoms with Crippen LogP contribution in [0.5, 0.6) is 5.75 Å². The minimum atomic E-state index is -3.81.